The molecule has 0 spiro atoms. The van der Waals surface area contributed by atoms with Crippen molar-refractivity contribution in [1.29, 1.82) is 0 Å². The first-order valence-corrected chi connectivity index (χ1v) is 6.42. The Bertz CT molecular complexity index is 180. The molecule has 15 heavy (non-hydrogen) atoms. The van der Waals surface area contributed by atoms with E-state index in [2.05, 4.69) is 17.1 Å². The highest BCUT2D eigenvalue weighted by molar-refractivity contribution is 4.78. The fourth-order valence-electron chi connectivity index (χ4n) is 2.38. The van der Waals surface area contributed by atoms with Crippen molar-refractivity contribution in [1.82, 2.24) is 10.2 Å². The van der Waals surface area contributed by atoms with Gasteiger partial charge in [-0.05, 0) is 52.2 Å². The molecule has 0 bridgehead atoms. The zero-order valence-corrected chi connectivity index (χ0v) is 9.87. The third-order valence-electron chi connectivity index (χ3n) is 3.69. The minimum atomic E-state index is 0.528. The highest BCUT2D eigenvalue weighted by Gasteiger charge is 2.22. The number of piperidine rings is 1. The molecule has 0 saturated carbocycles. The minimum Gasteiger partial charge on any atom is -0.378 e. The first-order chi connectivity index (χ1) is 7.36. The van der Waals surface area contributed by atoms with Crippen LogP contribution in [0.2, 0.25) is 0 Å². The van der Waals surface area contributed by atoms with Crippen molar-refractivity contribution in [3.63, 3.8) is 0 Å². The number of ether oxygens (including phenoxy) is 1. The molecule has 1 unspecified atom stereocenters. The van der Waals surface area contributed by atoms with Crippen LogP contribution in [0.15, 0.2) is 0 Å². The topological polar surface area (TPSA) is 24.5 Å². The molecule has 3 nitrogen and oxygen atoms in total. The van der Waals surface area contributed by atoms with Gasteiger partial charge in [-0.15, -0.1) is 0 Å². The maximum atomic E-state index is 5.87. The fourth-order valence-corrected chi connectivity index (χ4v) is 2.38. The SMILES string of the molecule is CC1CCN1CCCOC1CCNCC1. The summed E-state index contributed by atoms with van der Waals surface area (Å²) < 4.78 is 5.87. The first kappa shape index (κ1) is 11.4. The molecule has 2 fully saturated rings. The molecule has 2 aliphatic rings. The van der Waals surface area contributed by atoms with Crippen molar-refractivity contribution in [2.45, 2.75) is 44.8 Å². The average molecular weight is 212 g/mol. The van der Waals surface area contributed by atoms with Crippen LogP contribution >= 0.6 is 0 Å². The summed E-state index contributed by atoms with van der Waals surface area (Å²) in [5, 5.41) is 3.36. The van der Waals surface area contributed by atoms with Gasteiger partial charge in [0.25, 0.3) is 0 Å². The van der Waals surface area contributed by atoms with Gasteiger partial charge in [0.1, 0.15) is 0 Å². The van der Waals surface area contributed by atoms with Crippen molar-refractivity contribution in [3.05, 3.63) is 0 Å². The van der Waals surface area contributed by atoms with E-state index in [0.29, 0.717) is 6.10 Å². The molecule has 2 aliphatic heterocycles. The van der Waals surface area contributed by atoms with E-state index in [1.165, 1.54) is 38.8 Å². The summed E-state index contributed by atoms with van der Waals surface area (Å²) in [5.41, 5.74) is 0. The molecule has 0 aromatic carbocycles. The Balaban J connectivity index is 1.47. The van der Waals surface area contributed by atoms with Crippen LogP contribution in [0.4, 0.5) is 0 Å². The summed E-state index contributed by atoms with van der Waals surface area (Å²) in [6, 6.07) is 0.823. The molecule has 2 rings (SSSR count). The molecule has 88 valence electrons. The smallest absolute Gasteiger partial charge is 0.0599 e. The second-order valence-corrected chi connectivity index (χ2v) is 4.85. The summed E-state index contributed by atoms with van der Waals surface area (Å²) in [6.07, 6.45) is 5.50. The van der Waals surface area contributed by atoms with Gasteiger partial charge >= 0.3 is 0 Å². The highest BCUT2D eigenvalue weighted by atomic mass is 16.5. The van der Waals surface area contributed by atoms with Crippen LogP contribution in [-0.2, 0) is 4.74 Å². The molecule has 1 N–H and O–H groups in total. The van der Waals surface area contributed by atoms with Crippen molar-refractivity contribution in [2.75, 3.05) is 32.8 Å². The van der Waals surface area contributed by atoms with Gasteiger partial charge in [0, 0.05) is 19.2 Å². The molecule has 3 heteroatoms. The average Bonchev–Trinajstić information content (AvgIpc) is 2.28. The molecule has 0 amide bonds. The largest absolute Gasteiger partial charge is 0.378 e. The van der Waals surface area contributed by atoms with Gasteiger partial charge < -0.3 is 15.0 Å². The van der Waals surface area contributed by atoms with E-state index in [0.717, 1.165) is 25.7 Å². The number of hydrogen-bond donors (Lipinski definition) is 1. The van der Waals surface area contributed by atoms with Crippen LogP contribution in [0, 0.1) is 0 Å². The maximum Gasteiger partial charge on any atom is 0.0599 e. The maximum absolute atomic E-state index is 5.87. The number of likely N-dealkylation sites (tertiary alicyclic amines) is 1. The molecule has 0 aromatic rings. The lowest BCUT2D eigenvalue weighted by molar-refractivity contribution is 0.0192. The van der Waals surface area contributed by atoms with Crippen LogP contribution in [-0.4, -0.2) is 49.8 Å². The van der Waals surface area contributed by atoms with E-state index in [1.54, 1.807) is 0 Å². The van der Waals surface area contributed by atoms with Crippen LogP contribution < -0.4 is 5.32 Å². The zero-order valence-electron chi connectivity index (χ0n) is 9.87. The van der Waals surface area contributed by atoms with Gasteiger partial charge in [-0.3, -0.25) is 0 Å². The van der Waals surface area contributed by atoms with E-state index in [1.807, 2.05) is 0 Å². The molecule has 0 aromatic heterocycles. The molecule has 2 saturated heterocycles. The van der Waals surface area contributed by atoms with Gasteiger partial charge in [0.05, 0.1) is 6.10 Å². The van der Waals surface area contributed by atoms with Crippen LogP contribution in [0.25, 0.3) is 0 Å². The lowest BCUT2D eigenvalue weighted by Crippen LogP contribution is -2.46. The quantitative estimate of drug-likeness (QED) is 0.694. The summed E-state index contributed by atoms with van der Waals surface area (Å²) in [6.45, 7) is 8.06. The molecule has 0 radical (unpaired) electrons. The number of nitrogens with zero attached hydrogens (tertiary/aromatic N) is 1. The summed E-state index contributed by atoms with van der Waals surface area (Å²) in [7, 11) is 0. The van der Waals surface area contributed by atoms with Crippen molar-refractivity contribution >= 4 is 0 Å². The van der Waals surface area contributed by atoms with E-state index in [9.17, 15) is 0 Å². The Morgan fingerprint density at radius 1 is 1.27 bits per heavy atom. The Morgan fingerprint density at radius 2 is 2.07 bits per heavy atom. The van der Waals surface area contributed by atoms with Gasteiger partial charge in [0.15, 0.2) is 0 Å². The van der Waals surface area contributed by atoms with Crippen molar-refractivity contribution < 1.29 is 4.74 Å². The predicted molar refractivity (Wildman–Crippen MR) is 62.1 cm³/mol. The standard InChI is InChI=1S/C12H24N2O/c1-11-5-9-14(11)8-2-10-15-12-3-6-13-7-4-12/h11-13H,2-10H2,1H3. The van der Waals surface area contributed by atoms with E-state index < -0.39 is 0 Å². The second kappa shape index (κ2) is 5.83. The van der Waals surface area contributed by atoms with Gasteiger partial charge in [-0.1, -0.05) is 0 Å². The summed E-state index contributed by atoms with van der Waals surface area (Å²) in [5.74, 6) is 0. The normalized spacial score (nSPS) is 29.0. The first-order valence-electron chi connectivity index (χ1n) is 6.42. The third-order valence-corrected chi connectivity index (χ3v) is 3.69. The number of hydrogen-bond acceptors (Lipinski definition) is 3. The van der Waals surface area contributed by atoms with E-state index >= 15 is 0 Å². The van der Waals surface area contributed by atoms with Crippen LogP contribution in [0.1, 0.15) is 32.6 Å². The fraction of sp³-hybridized carbons (Fsp3) is 1.00. The molecule has 2 heterocycles. The Morgan fingerprint density at radius 3 is 2.67 bits per heavy atom. The van der Waals surface area contributed by atoms with Crippen LogP contribution in [0.5, 0.6) is 0 Å². The predicted octanol–water partition coefficient (Wildman–Crippen LogP) is 1.24. The van der Waals surface area contributed by atoms with Crippen LogP contribution in [0.3, 0.4) is 0 Å². The molecular formula is C12H24N2O. The monoisotopic (exact) mass is 212 g/mol. The van der Waals surface area contributed by atoms with Crippen molar-refractivity contribution in [2.24, 2.45) is 0 Å². The summed E-state index contributed by atoms with van der Waals surface area (Å²) in [4.78, 5) is 2.55. The van der Waals surface area contributed by atoms with Gasteiger partial charge in [-0.25, -0.2) is 0 Å². The lowest BCUT2D eigenvalue weighted by atomic mass is 10.1. The van der Waals surface area contributed by atoms with Gasteiger partial charge in [0.2, 0.25) is 0 Å². The minimum absolute atomic E-state index is 0.528. The van der Waals surface area contributed by atoms with E-state index in [-0.39, 0.29) is 0 Å². The molecular weight excluding hydrogens is 188 g/mol. The Hall–Kier alpha value is -0.120. The molecule has 1 atom stereocenters. The highest BCUT2D eigenvalue weighted by Crippen LogP contribution is 2.16. The third kappa shape index (κ3) is 3.44. The van der Waals surface area contributed by atoms with Crippen molar-refractivity contribution in [3.8, 4) is 0 Å². The zero-order chi connectivity index (χ0) is 10.5. The Kier molecular flexibility index (Phi) is 4.42. The van der Waals surface area contributed by atoms with Gasteiger partial charge in [-0.2, -0.15) is 0 Å². The second-order valence-electron chi connectivity index (χ2n) is 4.85. The lowest BCUT2D eigenvalue weighted by Gasteiger charge is -2.38. The Labute approximate surface area is 93.2 Å². The van der Waals surface area contributed by atoms with E-state index in [4.69, 9.17) is 4.74 Å². The number of rotatable bonds is 5. The summed E-state index contributed by atoms with van der Waals surface area (Å²) >= 11 is 0. The number of nitrogens with one attached hydrogen (secondary N) is 1. The molecule has 0 aliphatic carbocycles.